The minimum atomic E-state index is 0.273. The van der Waals surface area contributed by atoms with Gasteiger partial charge in [0.2, 0.25) is 0 Å². The quantitative estimate of drug-likeness (QED) is 0.824. The van der Waals surface area contributed by atoms with Crippen molar-refractivity contribution in [3.8, 4) is 5.75 Å². The molecule has 0 heterocycles. The van der Waals surface area contributed by atoms with Crippen molar-refractivity contribution in [3.63, 3.8) is 0 Å². The summed E-state index contributed by atoms with van der Waals surface area (Å²) in [7, 11) is 5.33. The van der Waals surface area contributed by atoms with Gasteiger partial charge in [-0.15, -0.1) is 0 Å². The van der Waals surface area contributed by atoms with Crippen molar-refractivity contribution in [2.24, 2.45) is 0 Å². The number of methoxy groups -OCH3 is 2. The van der Waals surface area contributed by atoms with Gasteiger partial charge >= 0.3 is 0 Å². The van der Waals surface area contributed by atoms with Crippen molar-refractivity contribution >= 4 is 11.6 Å². The summed E-state index contributed by atoms with van der Waals surface area (Å²) in [5.41, 5.74) is 1.18. The van der Waals surface area contributed by atoms with Crippen LogP contribution in [0.15, 0.2) is 18.2 Å². The Kier molecular flexibility index (Phi) is 6.47. The molecule has 4 heteroatoms. The van der Waals surface area contributed by atoms with Crippen LogP contribution in [0, 0.1) is 0 Å². The second-order valence-electron chi connectivity index (χ2n) is 4.36. The second kappa shape index (κ2) is 7.62. The molecule has 0 bridgehead atoms. The zero-order chi connectivity index (χ0) is 13.5. The van der Waals surface area contributed by atoms with Crippen molar-refractivity contribution in [2.75, 3.05) is 21.3 Å². The SMILES string of the molecule is CNC(CCC(C)OC)c1ccc(Cl)c(OC)c1. The minimum Gasteiger partial charge on any atom is -0.495 e. The molecule has 0 amide bonds. The number of hydrogen-bond acceptors (Lipinski definition) is 3. The Morgan fingerprint density at radius 2 is 2.00 bits per heavy atom. The summed E-state index contributed by atoms with van der Waals surface area (Å²) in [6.45, 7) is 2.08. The first kappa shape index (κ1) is 15.3. The Balaban J connectivity index is 2.75. The highest BCUT2D eigenvalue weighted by molar-refractivity contribution is 6.32. The lowest BCUT2D eigenvalue weighted by Gasteiger charge is -2.19. The highest BCUT2D eigenvalue weighted by atomic mass is 35.5. The van der Waals surface area contributed by atoms with E-state index in [0.717, 1.165) is 12.8 Å². The topological polar surface area (TPSA) is 30.5 Å². The van der Waals surface area contributed by atoms with Crippen LogP contribution in [0.25, 0.3) is 0 Å². The number of rotatable bonds is 7. The fourth-order valence-corrected chi connectivity index (χ4v) is 2.08. The third-order valence-corrected chi connectivity index (χ3v) is 3.50. The van der Waals surface area contributed by atoms with Gasteiger partial charge in [0, 0.05) is 13.2 Å². The van der Waals surface area contributed by atoms with E-state index in [1.807, 2.05) is 25.2 Å². The van der Waals surface area contributed by atoms with E-state index >= 15 is 0 Å². The van der Waals surface area contributed by atoms with Crippen LogP contribution in [0.4, 0.5) is 0 Å². The van der Waals surface area contributed by atoms with Crippen molar-refractivity contribution in [1.82, 2.24) is 5.32 Å². The van der Waals surface area contributed by atoms with Crippen LogP contribution in [0.2, 0.25) is 5.02 Å². The molecule has 1 aromatic rings. The molecule has 18 heavy (non-hydrogen) atoms. The van der Waals surface area contributed by atoms with Gasteiger partial charge in [-0.3, -0.25) is 0 Å². The van der Waals surface area contributed by atoms with Gasteiger partial charge in [-0.05, 0) is 44.5 Å². The van der Waals surface area contributed by atoms with Crippen molar-refractivity contribution in [2.45, 2.75) is 31.9 Å². The summed E-state index contributed by atoms with van der Waals surface area (Å²) < 4.78 is 10.5. The molecule has 0 aliphatic carbocycles. The fraction of sp³-hybridized carbons (Fsp3) is 0.571. The fourth-order valence-electron chi connectivity index (χ4n) is 1.89. The van der Waals surface area contributed by atoms with E-state index in [1.165, 1.54) is 5.56 Å². The molecule has 0 saturated carbocycles. The van der Waals surface area contributed by atoms with Gasteiger partial charge in [0.15, 0.2) is 0 Å². The summed E-state index contributed by atoms with van der Waals surface area (Å²) in [6.07, 6.45) is 2.29. The second-order valence-corrected chi connectivity index (χ2v) is 4.77. The molecule has 1 rings (SSSR count). The van der Waals surface area contributed by atoms with Crippen molar-refractivity contribution in [1.29, 1.82) is 0 Å². The minimum absolute atomic E-state index is 0.273. The molecular formula is C14H22ClNO2. The summed E-state index contributed by atoms with van der Waals surface area (Å²) >= 11 is 6.03. The largest absolute Gasteiger partial charge is 0.495 e. The number of halogens is 1. The van der Waals surface area contributed by atoms with E-state index in [-0.39, 0.29) is 12.1 Å². The van der Waals surface area contributed by atoms with Crippen molar-refractivity contribution < 1.29 is 9.47 Å². The Bertz CT molecular complexity index is 371. The third-order valence-electron chi connectivity index (χ3n) is 3.19. The summed E-state index contributed by atoms with van der Waals surface area (Å²) in [5.74, 6) is 0.717. The average molecular weight is 272 g/mol. The van der Waals surface area contributed by atoms with Crippen LogP contribution in [-0.2, 0) is 4.74 Å². The molecule has 2 atom stereocenters. The first-order valence-electron chi connectivity index (χ1n) is 6.15. The summed E-state index contributed by atoms with van der Waals surface area (Å²) in [6, 6.07) is 6.18. The van der Waals surface area contributed by atoms with Crippen LogP contribution in [0.1, 0.15) is 31.4 Å². The van der Waals surface area contributed by atoms with E-state index in [4.69, 9.17) is 21.1 Å². The highest BCUT2D eigenvalue weighted by Gasteiger charge is 2.13. The molecule has 1 aromatic carbocycles. The molecule has 0 aliphatic rings. The highest BCUT2D eigenvalue weighted by Crippen LogP contribution is 2.29. The number of benzene rings is 1. The van der Waals surface area contributed by atoms with Crippen LogP contribution in [-0.4, -0.2) is 27.4 Å². The Hall–Kier alpha value is -0.770. The molecule has 2 unspecified atom stereocenters. The van der Waals surface area contributed by atoms with Gasteiger partial charge in [0.1, 0.15) is 5.75 Å². The molecule has 0 saturated heterocycles. The predicted molar refractivity (Wildman–Crippen MR) is 75.5 cm³/mol. The van der Waals surface area contributed by atoms with Crippen LogP contribution >= 0.6 is 11.6 Å². The van der Waals surface area contributed by atoms with E-state index in [0.29, 0.717) is 10.8 Å². The van der Waals surface area contributed by atoms with Gasteiger partial charge in [-0.25, -0.2) is 0 Å². The number of ether oxygens (including phenoxy) is 2. The average Bonchev–Trinajstić information content (AvgIpc) is 2.40. The van der Waals surface area contributed by atoms with Gasteiger partial charge in [0.25, 0.3) is 0 Å². The normalized spacial score (nSPS) is 14.3. The Morgan fingerprint density at radius 1 is 1.28 bits per heavy atom. The van der Waals surface area contributed by atoms with Crippen LogP contribution in [0.3, 0.4) is 0 Å². The predicted octanol–water partition coefficient (Wildman–Crippen LogP) is 3.42. The smallest absolute Gasteiger partial charge is 0.137 e. The lowest BCUT2D eigenvalue weighted by atomic mass is 10.0. The summed E-state index contributed by atoms with van der Waals surface area (Å²) in [5, 5.41) is 3.95. The standard InChI is InChI=1S/C14H22ClNO2/c1-10(17-3)5-8-13(16-2)11-6-7-12(15)14(9-11)18-4/h6-7,9-10,13,16H,5,8H2,1-4H3. The van der Waals surface area contributed by atoms with Gasteiger partial charge < -0.3 is 14.8 Å². The Morgan fingerprint density at radius 3 is 2.56 bits per heavy atom. The monoisotopic (exact) mass is 271 g/mol. The molecule has 0 aromatic heterocycles. The lowest BCUT2D eigenvalue weighted by molar-refractivity contribution is 0.106. The molecule has 1 N–H and O–H groups in total. The molecule has 0 radical (unpaired) electrons. The van der Waals surface area contributed by atoms with Gasteiger partial charge in [-0.1, -0.05) is 17.7 Å². The maximum Gasteiger partial charge on any atom is 0.137 e. The van der Waals surface area contributed by atoms with Gasteiger partial charge in [-0.2, -0.15) is 0 Å². The molecule has 3 nitrogen and oxygen atoms in total. The molecule has 102 valence electrons. The first-order valence-corrected chi connectivity index (χ1v) is 6.53. The maximum atomic E-state index is 6.03. The number of hydrogen-bond donors (Lipinski definition) is 1. The molecule has 0 fully saturated rings. The molecular weight excluding hydrogens is 250 g/mol. The van der Waals surface area contributed by atoms with E-state index in [9.17, 15) is 0 Å². The van der Waals surface area contributed by atoms with E-state index in [2.05, 4.69) is 12.2 Å². The first-order chi connectivity index (χ1) is 8.62. The zero-order valence-electron chi connectivity index (χ0n) is 11.5. The number of nitrogens with one attached hydrogen (secondary N) is 1. The van der Waals surface area contributed by atoms with Crippen LogP contribution < -0.4 is 10.1 Å². The molecule has 0 spiro atoms. The maximum absolute atomic E-state index is 6.03. The zero-order valence-corrected chi connectivity index (χ0v) is 12.3. The third kappa shape index (κ3) is 4.16. The molecule has 0 aliphatic heterocycles. The van der Waals surface area contributed by atoms with E-state index in [1.54, 1.807) is 14.2 Å². The van der Waals surface area contributed by atoms with Crippen LogP contribution in [0.5, 0.6) is 5.75 Å². The lowest BCUT2D eigenvalue weighted by Crippen LogP contribution is -2.18. The van der Waals surface area contributed by atoms with E-state index < -0.39 is 0 Å². The Labute approximate surface area is 114 Å². The summed E-state index contributed by atoms with van der Waals surface area (Å²) in [4.78, 5) is 0. The van der Waals surface area contributed by atoms with Crippen molar-refractivity contribution in [3.05, 3.63) is 28.8 Å². The van der Waals surface area contributed by atoms with Gasteiger partial charge in [0.05, 0.1) is 18.2 Å².